The molecule has 8 heteroatoms. The van der Waals surface area contributed by atoms with Gasteiger partial charge in [0.2, 0.25) is 0 Å². The van der Waals surface area contributed by atoms with E-state index in [0.29, 0.717) is 11.5 Å². The first kappa shape index (κ1) is 18.1. The minimum Gasteiger partial charge on any atom is -0.336 e. The summed E-state index contributed by atoms with van der Waals surface area (Å²) >= 11 is 0. The Hall–Kier alpha value is -3.94. The minimum absolute atomic E-state index is 0.223. The number of nitrogens with one attached hydrogen (secondary N) is 1. The van der Waals surface area contributed by atoms with E-state index < -0.39 is 0 Å². The van der Waals surface area contributed by atoms with Crippen molar-refractivity contribution in [3.63, 3.8) is 0 Å². The number of hydrogen-bond donors (Lipinski definition) is 1. The smallest absolute Gasteiger partial charge is 0.160 e. The first-order valence-corrected chi connectivity index (χ1v) is 9.57. The lowest BCUT2D eigenvalue weighted by atomic mass is 10.1. The van der Waals surface area contributed by atoms with Crippen molar-refractivity contribution in [2.45, 2.75) is 19.8 Å². The highest BCUT2D eigenvalue weighted by Gasteiger charge is 2.18. The highest BCUT2D eigenvalue weighted by molar-refractivity contribution is 5.81. The lowest BCUT2D eigenvalue weighted by Crippen LogP contribution is -1.97. The van der Waals surface area contributed by atoms with E-state index in [1.807, 2.05) is 22.7 Å². The van der Waals surface area contributed by atoms with Crippen LogP contribution in [0.3, 0.4) is 0 Å². The second-order valence-corrected chi connectivity index (χ2v) is 7.27. The summed E-state index contributed by atoms with van der Waals surface area (Å²) in [6.07, 6.45) is 6.86. The Balaban J connectivity index is 1.72. The molecule has 4 aromatic heterocycles. The van der Waals surface area contributed by atoms with Gasteiger partial charge in [-0.3, -0.25) is 9.38 Å². The van der Waals surface area contributed by atoms with Gasteiger partial charge < -0.3 is 4.98 Å². The van der Waals surface area contributed by atoms with Crippen molar-refractivity contribution in [1.29, 1.82) is 0 Å². The molecule has 0 unspecified atom stereocenters. The van der Waals surface area contributed by atoms with Gasteiger partial charge in [-0.25, -0.2) is 14.4 Å². The van der Waals surface area contributed by atoms with Gasteiger partial charge in [-0.1, -0.05) is 13.8 Å². The third kappa shape index (κ3) is 3.12. The van der Waals surface area contributed by atoms with Gasteiger partial charge in [-0.2, -0.15) is 0 Å². The highest BCUT2D eigenvalue weighted by atomic mass is 19.1. The summed E-state index contributed by atoms with van der Waals surface area (Å²) in [5.74, 6) is 1.40. The van der Waals surface area contributed by atoms with E-state index in [0.717, 1.165) is 34.0 Å². The van der Waals surface area contributed by atoms with Gasteiger partial charge in [-0.15, -0.1) is 10.2 Å². The second kappa shape index (κ2) is 7.14. The zero-order valence-corrected chi connectivity index (χ0v) is 16.4. The van der Waals surface area contributed by atoms with Crippen LogP contribution in [0.4, 0.5) is 4.39 Å². The molecule has 0 aliphatic rings. The van der Waals surface area contributed by atoms with Crippen molar-refractivity contribution in [3.05, 3.63) is 72.8 Å². The van der Waals surface area contributed by atoms with E-state index in [1.165, 1.54) is 12.1 Å². The largest absolute Gasteiger partial charge is 0.336 e. The Bertz CT molecular complexity index is 1320. The number of aromatic nitrogens is 7. The van der Waals surface area contributed by atoms with E-state index in [4.69, 9.17) is 4.98 Å². The Morgan fingerprint density at radius 3 is 2.50 bits per heavy atom. The second-order valence-electron chi connectivity index (χ2n) is 7.27. The van der Waals surface area contributed by atoms with Gasteiger partial charge in [0.25, 0.3) is 0 Å². The molecule has 0 fully saturated rings. The molecule has 4 heterocycles. The van der Waals surface area contributed by atoms with Gasteiger partial charge in [0.1, 0.15) is 17.3 Å². The van der Waals surface area contributed by atoms with Crippen LogP contribution in [-0.2, 0) is 0 Å². The molecule has 30 heavy (non-hydrogen) atoms. The van der Waals surface area contributed by atoms with Gasteiger partial charge >= 0.3 is 0 Å². The predicted molar refractivity (Wildman–Crippen MR) is 111 cm³/mol. The lowest BCUT2D eigenvalue weighted by Gasteiger charge is -2.06. The van der Waals surface area contributed by atoms with E-state index >= 15 is 0 Å². The standard InChI is InChI=1S/C22H18FN7/c1-13(2)22-29-28-18-8-5-15(12-30(18)22)20-19(14-3-6-16(23)7-4-14)26-21(27-20)17-11-24-9-10-25-17/h3-13H,1-2H3,(H,26,27). The number of pyridine rings is 1. The number of benzene rings is 1. The van der Waals surface area contributed by atoms with E-state index in [-0.39, 0.29) is 11.7 Å². The molecule has 0 atom stereocenters. The van der Waals surface area contributed by atoms with Crippen LogP contribution in [0.2, 0.25) is 0 Å². The molecule has 5 aromatic rings. The molecule has 1 N–H and O–H groups in total. The zero-order chi connectivity index (χ0) is 20.7. The third-order valence-corrected chi connectivity index (χ3v) is 4.86. The topological polar surface area (TPSA) is 84.7 Å². The molecular weight excluding hydrogens is 381 g/mol. The molecule has 148 valence electrons. The molecule has 0 bridgehead atoms. The zero-order valence-electron chi connectivity index (χ0n) is 16.4. The quantitative estimate of drug-likeness (QED) is 0.481. The third-order valence-electron chi connectivity index (χ3n) is 4.86. The monoisotopic (exact) mass is 399 g/mol. The molecule has 7 nitrogen and oxygen atoms in total. The van der Waals surface area contributed by atoms with Gasteiger partial charge in [-0.05, 0) is 36.4 Å². The first-order valence-electron chi connectivity index (χ1n) is 9.57. The van der Waals surface area contributed by atoms with Crippen molar-refractivity contribution in [2.24, 2.45) is 0 Å². The molecular formula is C22H18FN7. The maximum atomic E-state index is 13.5. The SMILES string of the molecule is CC(C)c1nnc2ccc(-c3nc(-c4cnccn4)[nH]c3-c3ccc(F)cc3)cn12. The fourth-order valence-electron chi connectivity index (χ4n) is 3.39. The van der Waals surface area contributed by atoms with Gasteiger partial charge in [0.15, 0.2) is 11.5 Å². The Kier molecular flexibility index (Phi) is 4.31. The van der Waals surface area contributed by atoms with Crippen molar-refractivity contribution in [2.75, 3.05) is 0 Å². The molecule has 0 amide bonds. The number of halogens is 1. The number of nitrogens with zero attached hydrogens (tertiary/aromatic N) is 6. The number of aromatic amines is 1. The summed E-state index contributed by atoms with van der Waals surface area (Å²) in [5.41, 5.74) is 4.61. The summed E-state index contributed by atoms with van der Waals surface area (Å²) in [7, 11) is 0. The summed E-state index contributed by atoms with van der Waals surface area (Å²) < 4.78 is 15.5. The Morgan fingerprint density at radius 1 is 0.967 bits per heavy atom. The maximum absolute atomic E-state index is 13.5. The summed E-state index contributed by atoms with van der Waals surface area (Å²) in [6.45, 7) is 4.15. The van der Waals surface area contributed by atoms with E-state index in [2.05, 4.69) is 39.0 Å². The number of rotatable bonds is 4. The minimum atomic E-state index is -0.290. The molecule has 0 saturated carbocycles. The van der Waals surface area contributed by atoms with Gasteiger partial charge in [0, 0.05) is 35.6 Å². The van der Waals surface area contributed by atoms with Crippen LogP contribution in [0.1, 0.15) is 25.6 Å². The number of fused-ring (bicyclic) bond motifs is 1. The van der Waals surface area contributed by atoms with Gasteiger partial charge in [0.05, 0.1) is 17.6 Å². The average molecular weight is 399 g/mol. The van der Waals surface area contributed by atoms with Crippen LogP contribution in [-0.4, -0.2) is 34.5 Å². The summed E-state index contributed by atoms with van der Waals surface area (Å²) in [4.78, 5) is 16.6. The molecule has 0 saturated heterocycles. The fourth-order valence-corrected chi connectivity index (χ4v) is 3.39. The maximum Gasteiger partial charge on any atom is 0.160 e. The van der Waals surface area contributed by atoms with Crippen LogP contribution < -0.4 is 0 Å². The fraction of sp³-hybridized carbons (Fsp3) is 0.136. The van der Waals surface area contributed by atoms with E-state index in [9.17, 15) is 4.39 Å². The van der Waals surface area contributed by atoms with Crippen LogP contribution in [0.5, 0.6) is 0 Å². The first-order chi connectivity index (χ1) is 14.6. The summed E-state index contributed by atoms with van der Waals surface area (Å²) in [5, 5.41) is 8.54. The molecule has 0 radical (unpaired) electrons. The van der Waals surface area contributed by atoms with Crippen molar-refractivity contribution < 1.29 is 4.39 Å². The number of hydrogen-bond acceptors (Lipinski definition) is 5. The van der Waals surface area contributed by atoms with Crippen molar-refractivity contribution in [1.82, 2.24) is 34.5 Å². The summed E-state index contributed by atoms with van der Waals surface area (Å²) in [6, 6.07) is 10.2. The van der Waals surface area contributed by atoms with E-state index in [1.54, 1.807) is 30.7 Å². The Morgan fingerprint density at radius 2 is 1.77 bits per heavy atom. The molecule has 1 aromatic carbocycles. The van der Waals surface area contributed by atoms with Crippen molar-refractivity contribution >= 4 is 5.65 Å². The van der Waals surface area contributed by atoms with Crippen molar-refractivity contribution in [3.8, 4) is 34.0 Å². The van der Waals surface area contributed by atoms with Crippen LogP contribution in [0.15, 0.2) is 61.2 Å². The van der Waals surface area contributed by atoms with Crippen LogP contribution in [0.25, 0.3) is 39.7 Å². The Labute approximate surface area is 171 Å². The molecule has 0 aliphatic heterocycles. The normalized spacial score (nSPS) is 11.5. The predicted octanol–water partition coefficient (Wildman–Crippen LogP) is 4.51. The number of H-pyrrole nitrogens is 1. The average Bonchev–Trinajstić information content (AvgIpc) is 3.39. The molecule has 5 rings (SSSR count). The lowest BCUT2D eigenvalue weighted by molar-refractivity contribution is 0.628. The van der Waals surface area contributed by atoms with Crippen LogP contribution in [0, 0.1) is 5.82 Å². The number of imidazole rings is 1. The molecule has 0 aliphatic carbocycles. The molecule has 0 spiro atoms. The van der Waals surface area contributed by atoms with Crippen LogP contribution >= 0.6 is 0 Å². The highest BCUT2D eigenvalue weighted by Crippen LogP contribution is 2.33.